The Kier molecular flexibility index (Phi) is 6.21. The molecule has 0 heterocycles. The molecule has 0 aliphatic rings. The predicted octanol–water partition coefficient (Wildman–Crippen LogP) is 3.78. The predicted molar refractivity (Wildman–Crippen MR) is 87.4 cm³/mol. The Hall–Kier alpha value is -0.870. The van der Waals surface area contributed by atoms with Gasteiger partial charge in [0.05, 0.1) is 6.04 Å². The van der Waals surface area contributed by atoms with E-state index in [4.69, 9.17) is 5.73 Å². The van der Waals surface area contributed by atoms with Crippen molar-refractivity contribution in [1.82, 2.24) is 5.32 Å². The lowest BCUT2D eigenvalue weighted by molar-refractivity contribution is -0.122. The van der Waals surface area contributed by atoms with Crippen LogP contribution in [0.3, 0.4) is 0 Å². The van der Waals surface area contributed by atoms with E-state index in [0.717, 1.165) is 16.5 Å². The van der Waals surface area contributed by atoms with Crippen LogP contribution in [-0.4, -0.2) is 11.9 Å². The van der Waals surface area contributed by atoms with Crippen molar-refractivity contribution < 1.29 is 4.79 Å². The first-order chi connectivity index (χ1) is 9.17. The summed E-state index contributed by atoms with van der Waals surface area (Å²) in [6.45, 7) is 8.38. The molecule has 2 unspecified atom stereocenters. The Labute approximate surface area is 130 Å². The van der Waals surface area contributed by atoms with Gasteiger partial charge in [-0.2, -0.15) is 0 Å². The maximum absolute atomic E-state index is 12.0. The highest BCUT2D eigenvalue weighted by atomic mass is 79.9. The van der Waals surface area contributed by atoms with E-state index < -0.39 is 0 Å². The third kappa shape index (κ3) is 6.53. The largest absolute Gasteiger partial charge is 0.350 e. The van der Waals surface area contributed by atoms with Crippen LogP contribution >= 0.6 is 15.9 Å². The Morgan fingerprint density at radius 2 is 2.05 bits per heavy atom. The van der Waals surface area contributed by atoms with Crippen LogP contribution < -0.4 is 11.1 Å². The first kappa shape index (κ1) is 17.2. The van der Waals surface area contributed by atoms with Crippen LogP contribution in [0.25, 0.3) is 0 Å². The maximum Gasteiger partial charge on any atom is 0.222 e. The summed E-state index contributed by atoms with van der Waals surface area (Å²) in [5.41, 5.74) is 7.26. The lowest BCUT2D eigenvalue weighted by atomic mass is 9.87. The number of nitrogens with two attached hydrogens (primary N) is 1. The third-order valence-corrected chi connectivity index (χ3v) is 3.54. The molecule has 0 bridgehead atoms. The van der Waals surface area contributed by atoms with Crippen LogP contribution in [0.1, 0.15) is 52.1 Å². The molecule has 0 aliphatic carbocycles. The molecular formula is C16H25BrN2O. The van der Waals surface area contributed by atoms with E-state index in [1.165, 1.54) is 0 Å². The Morgan fingerprint density at radius 3 is 2.60 bits per heavy atom. The number of hydrogen-bond acceptors (Lipinski definition) is 2. The first-order valence-corrected chi connectivity index (χ1v) is 7.77. The minimum atomic E-state index is -0.0929. The topological polar surface area (TPSA) is 55.1 Å². The van der Waals surface area contributed by atoms with Gasteiger partial charge in [0.15, 0.2) is 0 Å². The Balaban J connectivity index is 2.50. The SMILES string of the molecule is CC(NC(=O)CC(N)CC(C)(C)C)c1cccc(Br)c1. The molecule has 3 nitrogen and oxygen atoms in total. The lowest BCUT2D eigenvalue weighted by Gasteiger charge is -2.23. The Bertz CT molecular complexity index is 454. The van der Waals surface area contributed by atoms with Gasteiger partial charge in [-0.1, -0.05) is 48.8 Å². The highest BCUT2D eigenvalue weighted by molar-refractivity contribution is 9.10. The van der Waals surface area contributed by atoms with Gasteiger partial charge in [-0.05, 0) is 36.5 Å². The highest BCUT2D eigenvalue weighted by Gasteiger charge is 2.19. The number of hydrogen-bond donors (Lipinski definition) is 2. The van der Waals surface area contributed by atoms with Crippen molar-refractivity contribution in [2.24, 2.45) is 11.1 Å². The minimum Gasteiger partial charge on any atom is -0.350 e. The number of carbonyl (C=O) groups is 1. The smallest absolute Gasteiger partial charge is 0.222 e. The fraction of sp³-hybridized carbons (Fsp3) is 0.562. The monoisotopic (exact) mass is 340 g/mol. The standard InChI is InChI=1S/C16H25BrN2O/c1-11(12-6-5-7-13(17)8-12)19-15(20)9-14(18)10-16(2,3)4/h5-8,11,14H,9-10,18H2,1-4H3,(H,19,20). The van der Waals surface area contributed by atoms with E-state index in [9.17, 15) is 4.79 Å². The van der Waals surface area contributed by atoms with Crippen LogP contribution in [0.4, 0.5) is 0 Å². The highest BCUT2D eigenvalue weighted by Crippen LogP contribution is 2.21. The molecule has 112 valence electrons. The van der Waals surface area contributed by atoms with E-state index in [-0.39, 0.29) is 23.4 Å². The van der Waals surface area contributed by atoms with Crippen LogP contribution in [0, 0.1) is 5.41 Å². The van der Waals surface area contributed by atoms with Gasteiger partial charge < -0.3 is 11.1 Å². The zero-order chi connectivity index (χ0) is 15.3. The summed E-state index contributed by atoms with van der Waals surface area (Å²) >= 11 is 3.44. The Morgan fingerprint density at radius 1 is 1.40 bits per heavy atom. The maximum atomic E-state index is 12.0. The zero-order valence-corrected chi connectivity index (χ0v) is 14.3. The summed E-state index contributed by atoms with van der Waals surface area (Å²) in [4.78, 5) is 12.0. The number of amides is 1. The molecule has 0 saturated carbocycles. The summed E-state index contributed by atoms with van der Waals surface area (Å²) in [5, 5.41) is 3.00. The van der Waals surface area contributed by atoms with Gasteiger partial charge in [-0.15, -0.1) is 0 Å². The van der Waals surface area contributed by atoms with E-state index >= 15 is 0 Å². The van der Waals surface area contributed by atoms with Crippen molar-refractivity contribution in [2.75, 3.05) is 0 Å². The fourth-order valence-electron chi connectivity index (χ4n) is 2.26. The molecule has 0 aromatic heterocycles. The summed E-state index contributed by atoms with van der Waals surface area (Å²) < 4.78 is 1.01. The van der Waals surface area contributed by atoms with Crippen LogP contribution in [0.2, 0.25) is 0 Å². The van der Waals surface area contributed by atoms with Crippen molar-refractivity contribution >= 4 is 21.8 Å². The van der Waals surface area contributed by atoms with Crippen molar-refractivity contribution in [1.29, 1.82) is 0 Å². The number of benzene rings is 1. The summed E-state index contributed by atoms with van der Waals surface area (Å²) in [5.74, 6) is 0.00854. The summed E-state index contributed by atoms with van der Waals surface area (Å²) in [6, 6.07) is 7.85. The molecule has 2 atom stereocenters. The summed E-state index contributed by atoms with van der Waals surface area (Å²) in [6.07, 6.45) is 1.21. The van der Waals surface area contributed by atoms with E-state index in [0.29, 0.717) is 6.42 Å². The van der Waals surface area contributed by atoms with Crippen molar-refractivity contribution in [3.8, 4) is 0 Å². The van der Waals surface area contributed by atoms with Gasteiger partial charge in [0.25, 0.3) is 0 Å². The van der Waals surface area contributed by atoms with E-state index in [1.807, 2.05) is 31.2 Å². The third-order valence-electron chi connectivity index (χ3n) is 3.05. The second-order valence-corrected chi connectivity index (χ2v) is 7.49. The molecule has 0 saturated heterocycles. The van der Waals surface area contributed by atoms with Gasteiger partial charge in [0, 0.05) is 16.9 Å². The summed E-state index contributed by atoms with van der Waals surface area (Å²) in [7, 11) is 0. The molecule has 1 aromatic carbocycles. The van der Waals surface area contributed by atoms with Gasteiger partial charge in [0.2, 0.25) is 5.91 Å². The second-order valence-electron chi connectivity index (χ2n) is 6.57. The molecular weight excluding hydrogens is 316 g/mol. The second kappa shape index (κ2) is 7.23. The molecule has 0 aliphatic heterocycles. The number of rotatable bonds is 5. The fourth-order valence-corrected chi connectivity index (χ4v) is 2.67. The number of nitrogens with one attached hydrogen (secondary N) is 1. The number of halogens is 1. The quantitative estimate of drug-likeness (QED) is 0.856. The molecule has 1 rings (SSSR count). The van der Waals surface area contributed by atoms with Gasteiger partial charge in [-0.25, -0.2) is 0 Å². The number of carbonyl (C=O) groups excluding carboxylic acids is 1. The molecule has 0 radical (unpaired) electrons. The van der Waals surface area contributed by atoms with Gasteiger partial charge in [-0.3, -0.25) is 4.79 Å². The molecule has 1 amide bonds. The molecule has 1 aromatic rings. The van der Waals surface area contributed by atoms with Gasteiger partial charge >= 0.3 is 0 Å². The zero-order valence-electron chi connectivity index (χ0n) is 12.7. The lowest BCUT2D eigenvalue weighted by Crippen LogP contribution is -2.35. The van der Waals surface area contributed by atoms with Crippen molar-refractivity contribution in [3.05, 3.63) is 34.3 Å². The minimum absolute atomic E-state index is 0.00854. The average molecular weight is 341 g/mol. The van der Waals surface area contributed by atoms with Crippen LogP contribution in [0.15, 0.2) is 28.7 Å². The normalized spacial score (nSPS) is 14.7. The van der Waals surface area contributed by atoms with Crippen LogP contribution in [0.5, 0.6) is 0 Å². The van der Waals surface area contributed by atoms with E-state index in [2.05, 4.69) is 42.0 Å². The first-order valence-electron chi connectivity index (χ1n) is 6.98. The van der Waals surface area contributed by atoms with E-state index in [1.54, 1.807) is 0 Å². The molecule has 20 heavy (non-hydrogen) atoms. The van der Waals surface area contributed by atoms with Gasteiger partial charge in [0.1, 0.15) is 0 Å². The molecule has 3 N–H and O–H groups in total. The average Bonchev–Trinajstić information content (AvgIpc) is 2.25. The molecule has 4 heteroatoms. The van der Waals surface area contributed by atoms with Crippen molar-refractivity contribution in [3.63, 3.8) is 0 Å². The van der Waals surface area contributed by atoms with Crippen molar-refractivity contribution in [2.45, 2.75) is 52.6 Å². The molecule has 0 spiro atoms. The molecule has 0 fully saturated rings. The van der Waals surface area contributed by atoms with Crippen LogP contribution in [-0.2, 0) is 4.79 Å².